The van der Waals surface area contributed by atoms with Crippen LogP contribution in [0.15, 0.2) is 83.8 Å². The van der Waals surface area contributed by atoms with Gasteiger partial charge in [0.25, 0.3) is 5.69 Å². The molecule has 1 aliphatic carbocycles. The number of nitro groups is 1. The molecule has 1 amide bonds. The Morgan fingerprint density at radius 3 is 2.57 bits per heavy atom. The Morgan fingerprint density at radius 2 is 1.84 bits per heavy atom. The lowest BCUT2D eigenvalue weighted by atomic mass is 9.63. The van der Waals surface area contributed by atoms with E-state index in [9.17, 15) is 25.0 Å². The summed E-state index contributed by atoms with van der Waals surface area (Å²) in [6.07, 6.45) is 4.78. The van der Waals surface area contributed by atoms with Crippen LogP contribution in [0.2, 0.25) is 0 Å². The minimum atomic E-state index is -1.62. The van der Waals surface area contributed by atoms with E-state index in [2.05, 4.69) is 11.4 Å². The van der Waals surface area contributed by atoms with Gasteiger partial charge in [0, 0.05) is 53.5 Å². The van der Waals surface area contributed by atoms with E-state index in [-0.39, 0.29) is 29.0 Å². The standard InChI is InChI=1S/C28H21N5O4/c1-17-11-12-18(33(36)37)15-23(17)32-22-9-6-10-24(34)25(22)28(19-7-2-3-8-21(19)30-27(28)35)20(16-29)26(32)31-13-4-5-14-31/h2-5,7-8,11-15H,6,9-10H2,1H3,(H,30,35)/t28-/m0/s1. The van der Waals surface area contributed by atoms with Crippen LogP contribution in [-0.4, -0.2) is 21.2 Å². The fourth-order valence-corrected chi connectivity index (χ4v) is 5.83. The number of aryl methyl sites for hydroxylation is 1. The normalized spacial score (nSPS) is 20.6. The molecule has 0 saturated heterocycles. The van der Waals surface area contributed by atoms with Crippen LogP contribution in [0.3, 0.4) is 0 Å². The van der Waals surface area contributed by atoms with Crippen molar-refractivity contribution in [2.75, 3.05) is 10.2 Å². The molecule has 0 bridgehead atoms. The third kappa shape index (κ3) is 2.96. The molecule has 9 nitrogen and oxygen atoms in total. The first-order chi connectivity index (χ1) is 17.9. The number of nitrogens with one attached hydrogen (secondary N) is 1. The highest BCUT2D eigenvalue weighted by atomic mass is 16.6. The molecule has 0 unspecified atom stereocenters. The summed E-state index contributed by atoms with van der Waals surface area (Å²) in [6, 6.07) is 17.5. The van der Waals surface area contributed by atoms with Crippen molar-refractivity contribution in [1.29, 1.82) is 5.26 Å². The molecule has 2 aromatic carbocycles. The molecule has 3 heterocycles. The second-order valence-corrected chi connectivity index (χ2v) is 9.31. The maximum Gasteiger partial charge on any atom is 0.271 e. The molecule has 3 aromatic rings. The first-order valence-electron chi connectivity index (χ1n) is 11.9. The van der Waals surface area contributed by atoms with E-state index in [1.54, 1.807) is 64.3 Å². The number of aromatic nitrogens is 1. The number of nitriles is 1. The van der Waals surface area contributed by atoms with Crippen LogP contribution in [0.5, 0.6) is 0 Å². The zero-order valence-electron chi connectivity index (χ0n) is 19.9. The Kier molecular flexibility index (Phi) is 4.88. The van der Waals surface area contributed by atoms with Gasteiger partial charge in [0.2, 0.25) is 5.91 Å². The minimum Gasteiger partial charge on any atom is -0.324 e. The van der Waals surface area contributed by atoms with Gasteiger partial charge in [-0.05, 0) is 43.5 Å². The molecule has 37 heavy (non-hydrogen) atoms. The van der Waals surface area contributed by atoms with Gasteiger partial charge in [-0.3, -0.25) is 24.6 Å². The molecule has 0 radical (unpaired) electrons. The minimum absolute atomic E-state index is 0.0889. The van der Waals surface area contributed by atoms with Crippen molar-refractivity contribution >= 4 is 34.6 Å². The number of carbonyl (C=O) groups excluding carboxylic acids is 2. The molecule has 0 saturated carbocycles. The van der Waals surface area contributed by atoms with Crippen LogP contribution in [0.25, 0.3) is 5.82 Å². The number of carbonyl (C=O) groups is 2. The van der Waals surface area contributed by atoms with Gasteiger partial charge in [0.15, 0.2) is 5.78 Å². The highest BCUT2D eigenvalue weighted by molar-refractivity contribution is 6.21. The SMILES string of the molecule is Cc1ccc([N+](=O)[O-])cc1N1C2=C(C(=O)CCC2)[C@@]2(C(=O)Nc3ccccc32)C(C#N)=C1n1cccc1. The molecule has 2 aliphatic heterocycles. The van der Waals surface area contributed by atoms with Gasteiger partial charge in [-0.1, -0.05) is 24.3 Å². The number of allylic oxidation sites excluding steroid dienone is 1. The van der Waals surface area contributed by atoms with Crippen molar-refractivity contribution in [3.8, 4) is 6.07 Å². The summed E-state index contributed by atoms with van der Waals surface area (Å²) in [5, 5.41) is 25.3. The topological polar surface area (TPSA) is 121 Å². The lowest BCUT2D eigenvalue weighted by molar-refractivity contribution is -0.384. The van der Waals surface area contributed by atoms with E-state index < -0.39 is 16.2 Å². The van der Waals surface area contributed by atoms with Crippen molar-refractivity contribution < 1.29 is 14.5 Å². The number of fused-ring (bicyclic) bond motifs is 3. The molecular weight excluding hydrogens is 470 g/mol. The van der Waals surface area contributed by atoms with Gasteiger partial charge < -0.3 is 9.88 Å². The number of Topliss-reactive ketones (excluding diaryl/α,β-unsaturated/α-hetero) is 1. The van der Waals surface area contributed by atoms with Crippen LogP contribution >= 0.6 is 0 Å². The van der Waals surface area contributed by atoms with Crippen LogP contribution in [-0.2, 0) is 15.0 Å². The van der Waals surface area contributed by atoms with E-state index in [4.69, 9.17) is 0 Å². The van der Waals surface area contributed by atoms with Crippen LogP contribution < -0.4 is 10.2 Å². The highest BCUT2D eigenvalue weighted by Gasteiger charge is 2.60. The van der Waals surface area contributed by atoms with E-state index in [0.717, 1.165) is 5.56 Å². The lowest BCUT2D eigenvalue weighted by Gasteiger charge is -2.45. The van der Waals surface area contributed by atoms with E-state index >= 15 is 0 Å². The number of benzene rings is 2. The van der Waals surface area contributed by atoms with Gasteiger partial charge in [-0.2, -0.15) is 5.26 Å². The molecule has 3 aliphatic rings. The summed E-state index contributed by atoms with van der Waals surface area (Å²) in [7, 11) is 0. The fraction of sp³-hybridized carbons (Fsp3) is 0.179. The summed E-state index contributed by atoms with van der Waals surface area (Å²) in [5.74, 6) is -0.287. The van der Waals surface area contributed by atoms with Gasteiger partial charge in [0.05, 0.1) is 16.2 Å². The van der Waals surface area contributed by atoms with Gasteiger partial charge in [0.1, 0.15) is 17.3 Å². The fourth-order valence-electron chi connectivity index (χ4n) is 5.83. The summed E-state index contributed by atoms with van der Waals surface area (Å²) in [5.41, 5.74) is 1.51. The number of amides is 1. The number of nitrogens with zero attached hydrogens (tertiary/aromatic N) is 4. The van der Waals surface area contributed by atoms with E-state index in [1.165, 1.54) is 12.1 Å². The number of hydrogen-bond donors (Lipinski definition) is 1. The van der Waals surface area contributed by atoms with Crippen molar-refractivity contribution in [3.05, 3.63) is 105 Å². The number of nitro benzene ring substituents is 1. The molecule has 6 rings (SSSR count). The third-order valence-corrected chi connectivity index (χ3v) is 7.37. The van der Waals surface area contributed by atoms with Crippen molar-refractivity contribution in [3.63, 3.8) is 0 Å². The Morgan fingerprint density at radius 1 is 1.08 bits per heavy atom. The zero-order valence-corrected chi connectivity index (χ0v) is 19.9. The molecule has 1 atom stereocenters. The Labute approximate surface area is 212 Å². The second-order valence-electron chi connectivity index (χ2n) is 9.31. The molecule has 0 fully saturated rings. The molecule has 1 N–H and O–H groups in total. The second kappa shape index (κ2) is 8.03. The average molecular weight is 492 g/mol. The number of anilines is 2. The lowest BCUT2D eigenvalue weighted by Crippen LogP contribution is -2.49. The Balaban J connectivity index is 1.79. The first-order valence-corrected chi connectivity index (χ1v) is 11.9. The number of para-hydroxylation sites is 1. The van der Waals surface area contributed by atoms with E-state index in [1.807, 2.05) is 6.92 Å². The van der Waals surface area contributed by atoms with Gasteiger partial charge in [-0.15, -0.1) is 0 Å². The molecule has 1 spiro atoms. The quantitative estimate of drug-likeness (QED) is 0.414. The predicted molar refractivity (Wildman–Crippen MR) is 136 cm³/mol. The average Bonchev–Trinajstić information content (AvgIpc) is 3.51. The molecule has 182 valence electrons. The predicted octanol–water partition coefficient (Wildman–Crippen LogP) is 4.81. The summed E-state index contributed by atoms with van der Waals surface area (Å²) in [6.45, 7) is 1.82. The number of rotatable bonds is 3. The zero-order chi connectivity index (χ0) is 25.9. The Bertz CT molecular complexity index is 1630. The molecular formula is C28H21N5O4. The maximum atomic E-state index is 13.9. The molecule has 1 aromatic heterocycles. The summed E-state index contributed by atoms with van der Waals surface area (Å²) >= 11 is 0. The van der Waals surface area contributed by atoms with Gasteiger partial charge in [-0.25, -0.2) is 0 Å². The highest BCUT2D eigenvalue weighted by Crippen LogP contribution is 2.56. The molecule has 9 heteroatoms. The van der Waals surface area contributed by atoms with Crippen LogP contribution in [0.4, 0.5) is 17.1 Å². The summed E-state index contributed by atoms with van der Waals surface area (Å²) < 4.78 is 1.73. The number of ketones is 1. The monoisotopic (exact) mass is 491 g/mol. The largest absolute Gasteiger partial charge is 0.324 e. The maximum absolute atomic E-state index is 13.9. The van der Waals surface area contributed by atoms with Crippen molar-refractivity contribution in [1.82, 2.24) is 4.57 Å². The van der Waals surface area contributed by atoms with Crippen LogP contribution in [0, 0.1) is 28.4 Å². The van der Waals surface area contributed by atoms with Gasteiger partial charge >= 0.3 is 0 Å². The van der Waals surface area contributed by atoms with Crippen LogP contribution in [0.1, 0.15) is 30.4 Å². The van der Waals surface area contributed by atoms with E-state index in [0.29, 0.717) is 41.3 Å². The first kappa shape index (κ1) is 22.5. The Hall–Kier alpha value is -4.97. The summed E-state index contributed by atoms with van der Waals surface area (Å²) in [4.78, 5) is 40.7. The van der Waals surface area contributed by atoms with Crippen molar-refractivity contribution in [2.45, 2.75) is 31.6 Å². The number of non-ortho nitro benzene ring substituents is 1. The number of hydrogen-bond acceptors (Lipinski definition) is 6. The smallest absolute Gasteiger partial charge is 0.271 e. The van der Waals surface area contributed by atoms with Crippen molar-refractivity contribution in [2.24, 2.45) is 0 Å². The third-order valence-electron chi connectivity index (χ3n) is 7.37.